The Morgan fingerprint density at radius 1 is 0.282 bits per heavy atom. The van der Waals surface area contributed by atoms with Crippen molar-refractivity contribution in [2.75, 3.05) is 13.2 Å². The third-order valence-electron chi connectivity index (χ3n) is 13.2. The number of rotatable bonds is 55. The van der Waals surface area contributed by atoms with E-state index in [0.717, 1.165) is 96.3 Å². The highest BCUT2D eigenvalue weighted by Gasteiger charge is 2.19. The quantitative estimate of drug-likeness (QED) is 0.0261. The van der Waals surface area contributed by atoms with Crippen LogP contribution in [0, 0.1) is 0 Å². The van der Waals surface area contributed by atoms with E-state index in [9.17, 15) is 14.4 Å². The van der Waals surface area contributed by atoms with Crippen LogP contribution < -0.4 is 0 Å². The van der Waals surface area contributed by atoms with E-state index in [4.69, 9.17) is 14.2 Å². The molecule has 0 amide bonds. The third-order valence-corrected chi connectivity index (χ3v) is 13.2. The highest BCUT2D eigenvalue weighted by molar-refractivity contribution is 5.71. The van der Waals surface area contributed by atoms with Crippen LogP contribution in [0.5, 0.6) is 0 Å². The summed E-state index contributed by atoms with van der Waals surface area (Å²) in [6.45, 7) is 6.58. The van der Waals surface area contributed by atoms with Gasteiger partial charge in [0.2, 0.25) is 0 Å². The second-order valence-electron chi connectivity index (χ2n) is 20.3. The number of carbonyl (C=O) groups excluding carboxylic acids is 3. The summed E-state index contributed by atoms with van der Waals surface area (Å²) >= 11 is 0. The zero-order valence-corrected chi connectivity index (χ0v) is 47.0. The number of esters is 3. The van der Waals surface area contributed by atoms with Crippen molar-refractivity contribution in [1.82, 2.24) is 0 Å². The lowest BCUT2D eigenvalue weighted by Gasteiger charge is -2.18. The fourth-order valence-electron chi connectivity index (χ4n) is 8.57. The molecule has 1 atom stereocenters. The first kappa shape index (κ1) is 67.8. The Hall–Kier alpha value is -3.15. The molecule has 0 aromatic carbocycles. The maximum absolute atomic E-state index is 12.8. The van der Waals surface area contributed by atoms with Crippen LogP contribution in [0.3, 0.4) is 0 Å². The Morgan fingerprint density at radius 2 is 0.507 bits per heavy atom. The fraction of sp³-hybridized carbons (Fsp3) is 0.769. The maximum atomic E-state index is 12.8. The van der Waals surface area contributed by atoms with Crippen molar-refractivity contribution in [1.29, 1.82) is 0 Å². The molecular weight excluding hydrogens is 877 g/mol. The zero-order valence-electron chi connectivity index (χ0n) is 47.0. The zero-order chi connectivity index (χ0) is 51.4. The molecule has 0 heterocycles. The second-order valence-corrected chi connectivity index (χ2v) is 20.3. The first-order valence-electron chi connectivity index (χ1n) is 30.4. The molecule has 0 aromatic heterocycles. The molecule has 0 rings (SSSR count). The Labute approximate surface area is 440 Å². The van der Waals surface area contributed by atoms with Crippen molar-refractivity contribution >= 4 is 17.9 Å². The smallest absolute Gasteiger partial charge is 0.306 e. The van der Waals surface area contributed by atoms with Crippen molar-refractivity contribution in [2.24, 2.45) is 0 Å². The van der Waals surface area contributed by atoms with Gasteiger partial charge in [-0.05, 0) is 96.3 Å². The summed E-state index contributed by atoms with van der Waals surface area (Å²) in [4.78, 5) is 38.0. The van der Waals surface area contributed by atoms with Gasteiger partial charge < -0.3 is 14.2 Å². The van der Waals surface area contributed by atoms with Gasteiger partial charge in [-0.1, -0.05) is 261 Å². The largest absolute Gasteiger partial charge is 0.462 e. The highest BCUT2D eigenvalue weighted by Crippen LogP contribution is 2.15. The number of carbonyl (C=O) groups is 3. The maximum Gasteiger partial charge on any atom is 0.306 e. The van der Waals surface area contributed by atoms with E-state index in [0.29, 0.717) is 19.3 Å². The monoisotopic (exact) mass is 991 g/mol. The molecule has 0 bridgehead atoms. The molecule has 0 aliphatic rings. The lowest BCUT2D eigenvalue weighted by molar-refractivity contribution is -0.167. The van der Waals surface area contributed by atoms with E-state index in [1.165, 1.54) is 167 Å². The molecule has 0 aliphatic heterocycles. The Balaban J connectivity index is 4.21. The van der Waals surface area contributed by atoms with Gasteiger partial charge in [-0.25, -0.2) is 0 Å². The van der Waals surface area contributed by atoms with Gasteiger partial charge in [0.1, 0.15) is 13.2 Å². The topological polar surface area (TPSA) is 78.9 Å². The molecule has 0 saturated carbocycles. The average molecular weight is 992 g/mol. The van der Waals surface area contributed by atoms with Crippen molar-refractivity contribution in [3.05, 3.63) is 72.9 Å². The molecule has 6 heteroatoms. The minimum atomic E-state index is -0.780. The van der Waals surface area contributed by atoms with Crippen LogP contribution in [-0.4, -0.2) is 37.2 Å². The van der Waals surface area contributed by atoms with Crippen LogP contribution >= 0.6 is 0 Å². The van der Waals surface area contributed by atoms with Crippen LogP contribution in [0.25, 0.3) is 0 Å². The molecule has 1 unspecified atom stereocenters. The third kappa shape index (κ3) is 57.6. The predicted molar refractivity (Wildman–Crippen MR) is 307 cm³/mol. The molecule has 410 valence electrons. The van der Waals surface area contributed by atoms with Crippen LogP contribution in [-0.2, 0) is 28.6 Å². The summed E-state index contributed by atoms with van der Waals surface area (Å²) in [5.74, 6) is -0.892. The van der Waals surface area contributed by atoms with E-state index in [-0.39, 0.29) is 31.1 Å². The normalized spacial score (nSPS) is 12.5. The summed E-state index contributed by atoms with van der Waals surface area (Å²) in [5.41, 5.74) is 0. The first-order valence-corrected chi connectivity index (χ1v) is 30.4. The van der Waals surface area contributed by atoms with Gasteiger partial charge in [0, 0.05) is 19.3 Å². The highest BCUT2D eigenvalue weighted by atomic mass is 16.6. The Bertz CT molecular complexity index is 1320. The number of unbranched alkanes of at least 4 members (excludes halogenated alkanes) is 32. The van der Waals surface area contributed by atoms with Gasteiger partial charge >= 0.3 is 17.9 Å². The molecule has 0 spiro atoms. The molecule has 0 saturated heterocycles. The molecule has 6 nitrogen and oxygen atoms in total. The SMILES string of the molecule is CCCCCCC/C=C\C/C=C\C/C=C\CCCCCCCCCCC(=O)OCC(COC(=O)CCCCCCCCC)OC(=O)CCCCCCCCCC/C=C\C/C=C\C/C=C\CCCCCCC. The minimum absolute atomic E-state index is 0.0799. The summed E-state index contributed by atoms with van der Waals surface area (Å²) < 4.78 is 16.8. The Morgan fingerprint density at radius 3 is 0.789 bits per heavy atom. The Kier molecular flexibility index (Phi) is 56.8. The van der Waals surface area contributed by atoms with Crippen LogP contribution in [0.4, 0.5) is 0 Å². The van der Waals surface area contributed by atoms with Crippen molar-refractivity contribution in [3.63, 3.8) is 0 Å². The van der Waals surface area contributed by atoms with Gasteiger partial charge in [-0.2, -0.15) is 0 Å². The molecule has 0 fully saturated rings. The van der Waals surface area contributed by atoms with Crippen molar-refractivity contribution in [2.45, 2.75) is 309 Å². The van der Waals surface area contributed by atoms with E-state index >= 15 is 0 Å². The molecule has 0 aromatic rings. The summed E-state index contributed by atoms with van der Waals surface area (Å²) in [5, 5.41) is 0. The molecule has 0 aliphatic carbocycles. The number of hydrogen-bond donors (Lipinski definition) is 0. The molecular formula is C65H114O6. The second kappa shape index (κ2) is 59.4. The van der Waals surface area contributed by atoms with E-state index in [1.54, 1.807) is 0 Å². The first-order chi connectivity index (χ1) is 35.0. The van der Waals surface area contributed by atoms with Gasteiger partial charge in [-0.3, -0.25) is 14.4 Å². The van der Waals surface area contributed by atoms with Crippen LogP contribution in [0.2, 0.25) is 0 Å². The molecule has 0 radical (unpaired) electrons. The summed E-state index contributed by atoms with van der Waals surface area (Å²) in [7, 11) is 0. The summed E-state index contributed by atoms with van der Waals surface area (Å²) in [6.07, 6.45) is 76.3. The fourth-order valence-corrected chi connectivity index (χ4v) is 8.57. The lowest BCUT2D eigenvalue weighted by atomic mass is 10.1. The van der Waals surface area contributed by atoms with Gasteiger partial charge in [0.25, 0.3) is 0 Å². The minimum Gasteiger partial charge on any atom is -0.462 e. The number of hydrogen-bond acceptors (Lipinski definition) is 6. The predicted octanol–water partition coefficient (Wildman–Crippen LogP) is 20.5. The van der Waals surface area contributed by atoms with E-state index < -0.39 is 6.10 Å². The van der Waals surface area contributed by atoms with Crippen LogP contribution in [0.15, 0.2) is 72.9 Å². The average Bonchev–Trinajstić information content (AvgIpc) is 3.37. The lowest BCUT2D eigenvalue weighted by Crippen LogP contribution is -2.30. The standard InChI is InChI=1S/C65H114O6/c1-4-7-10-13-16-18-20-22-24-26-28-30-32-34-36-38-40-42-44-46-49-52-55-58-64(67)70-61-62(60-69-63(66)57-54-51-48-15-12-9-6-3)71-65(68)59-56-53-50-47-45-43-41-39-37-35-33-31-29-27-25-23-21-19-17-14-11-8-5-2/h20-23,26-29,32-35,62H,4-19,24-25,30-31,36-61H2,1-3H3/b22-20-,23-21-,28-26-,29-27-,34-32-,35-33-. The van der Waals surface area contributed by atoms with Gasteiger partial charge in [-0.15, -0.1) is 0 Å². The number of ether oxygens (including phenoxy) is 3. The van der Waals surface area contributed by atoms with E-state index in [1.807, 2.05) is 0 Å². The van der Waals surface area contributed by atoms with Gasteiger partial charge in [0.05, 0.1) is 0 Å². The van der Waals surface area contributed by atoms with Crippen molar-refractivity contribution in [3.8, 4) is 0 Å². The van der Waals surface area contributed by atoms with Crippen molar-refractivity contribution < 1.29 is 28.6 Å². The van der Waals surface area contributed by atoms with Crippen LogP contribution in [0.1, 0.15) is 303 Å². The number of allylic oxidation sites excluding steroid dienone is 12. The molecule has 0 N–H and O–H groups in total. The van der Waals surface area contributed by atoms with E-state index in [2.05, 4.69) is 93.7 Å². The molecule has 71 heavy (non-hydrogen) atoms. The van der Waals surface area contributed by atoms with Gasteiger partial charge in [0.15, 0.2) is 6.10 Å². The summed E-state index contributed by atoms with van der Waals surface area (Å²) in [6, 6.07) is 0.